The minimum Gasteiger partial charge on any atom is -0.508 e. The summed E-state index contributed by atoms with van der Waals surface area (Å²) in [5, 5.41) is 24.1. The molecule has 0 amide bonds. The molecule has 0 radical (unpaired) electrons. The molecule has 0 spiro atoms. The summed E-state index contributed by atoms with van der Waals surface area (Å²) in [7, 11) is 0. The van der Waals surface area contributed by atoms with E-state index < -0.39 is 5.82 Å². The molecule has 0 fully saturated rings. The van der Waals surface area contributed by atoms with E-state index in [9.17, 15) is 14.6 Å². The molecular weight excluding hydrogens is 391 g/mol. The van der Waals surface area contributed by atoms with Crippen LogP contribution in [0.3, 0.4) is 0 Å². The summed E-state index contributed by atoms with van der Waals surface area (Å²) in [5.41, 5.74) is 4.92. The van der Waals surface area contributed by atoms with Crippen molar-refractivity contribution in [2.45, 2.75) is 13.3 Å². The van der Waals surface area contributed by atoms with Crippen LogP contribution in [0, 0.1) is 5.82 Å². The third-order valence-electron chi connectivity index (χ3n) is 4.77. The minimum atomic E-state index is -0.497. The Morgan fingerprint density at radius 2 is 1.48 bits per heavy atom. The van der Waals surface area contributed by atoms with Gasteiger partial charge in [-0.15, -0.1) is 0 Å². The van der Waals surface area contributed by atoms with Crippen LogP contribution in [-0.4, -0.2) is 20.0 Å². The molecule has 0 bridgehead atoms. The van der Waals surface area contributed by atoms with Gasteiger partial charge in [-0.05, 0) is 73.2 Å². The lowest BCUT2D eigenvalue weighted by Crippen LogP contribution is -2.00. The Kier molecular flexibility index (Phi) is 4.99. The second kappa shape index (κ2) is 7.60. The number of aromatic nitrogens is 2. The monoisotopic (exact) mass is 408 g/mol. The van der Waals surface area contributed by atoms with Crippen molar-refractivity contribution in [2.75, 3.05) is 0 Å². The lowest BCUT2D eigenvalue weighted by atomic mass is 9.99. The van der Waals surface area contributed by atoms with Gasteiger partial charge in [-0.3, -0.25) is 0 Å². The molecule has 0 saturated carbocycles. The first-order chi connectivity index (χ1) is 14.0. The first-order valence-electron chi connectivity index (χ1n) is 9.14. The SMILES string of the molecule is CCc1c(-c2ccc(O)cc2)nn(-c2ccc(F)c(Cl)c2)c1-c1ccc(O)cc1. The molecule has 4 nitrogen and oxygen atoms in total. The molecule has 0 saturated heterocycles. The third kappa shape index (κ3) is 3.57. The lowest BCUT2D eigenvalue weighted by Gasteiger charge is -2.10. The standard InChI is InChI=1S/C23H18ClFN2O2/c1-2-19-22(14-3-8-17(28)9-4-14)26-27(16-7-12-21(25)20(24)13-16)23(19)15-5-10-18(29)11-6-15/h3-13,28-29H,2H2,1H3. The summed E-state index contributed by atoms with van der Waals surface area (Å²) < 4.78 is 15.5. The fourth-order valence-electron chi connectivity index (χ4n) is 3.36. The molecule has 0 aliphatic heterocycles. The number of phenols is 2. The predicted molar refractivity (Wildman–Crippen MR) is 112 cm³/mol. The van der Waals surface area contributed by atoms with Crippen molar-refractivity contribution in [1.29, 1.82) is 0 Å². The van der Waals surface area contributed by atoms with E-state index in [1.165, 1.54) is 12.1 Å². The van der Waals surface area contributed by atoms with E-state index in [1.807, 2.05) is 19.1 Å². The molecule has 29 heavy (non-hydrogen) atoms. The van der Waals surface area contributed by atoms with Crippen LogP contribution in [0.15, 0.2) is 66.7 Å². The zero-order chi connectivity index (χ0) is 20.5. The van der Waals surface area contributed by atoms with Gasteiger partial charge in [0.25, 0.3) is 0 Å². The van der Waals surface area contributed by atoms with Crippen LogP contribution in [0.1, 0.15) is 12.5 Å². The first-order valence-corrected chi connectivity index (χ1v) is 9.52. The fraction of sp³-hybridized carbons (Fsp3) is 0.0870. The van der Waals surface area contributed by atoms with Gasteiger partial charge in [0.15, 0.2) is 0 Å². The average Bonchev–Trinajstić information content (AvgIpc) is 3.11. The molecule has 6 heteroatoms. The molecule has 3 aromatic carbocycles. The van der Waals surface area contributed by atoms with Gasteiger partial charge in [0.05, 0.1) is 22.1 Å². The quantitative estimate of drug-likeness (QED) is 0.437. The van der Waals surface area contributed by atoms with Gasteiger partial charge >= 0.3 is 0 Å². The van der Waals surface area contributed by atoms with Crippen LogP contribution >= 0.6 is 11.6 Å². The van der Waals surface area contributed by atoms with Gasteiger partial charge in [0.1, 0.15) is 17.3 Å². The maximum atomic E-state index is 13.7. The van der Waals surface area contributed by atoms with Gasteiger partial charge in [-0.1, -0.05) is 18.5 Å². The van der Waals surface area contributed by atoms with Crippen molar-refractivity contribution in [3.05, 3.63) is 83.1 Å². The highest BCUT2D eigenvalue weighted by Crippen LogP contribution is 2.36. The number of aromatic hydroxyl groups is 2. The van der Waals surface area contributed by atoms with Gasteiger partial charge in [-0.2, -0.15) is 5.10 Å². The number of hydrogen-bond donors (Lipinski definition) is 2. The Hall–Kier alpha value is -3.31. The predicted octanol–water partition coefficient (Wildman–Crippen LogP) is 5.97. The smallest absolute Gasteiger partial charge is 0.141 e. The summed E-state index contributed by atoms with van der Waals surface area (Å²) in [4.78, 5) is 0. The fourth-order valence-corrected chi connectivity index (χ4v) is 3.53. The van der Waals surface area contributed by atoms with Crippen LogP contribution in [0.25, 0.3) is 28.2 Å². The molecule has 0 aliphatic rings. The van der Waals surface area contributed by atoms with E-state index in [0.29, 0.717) is 12.1 Å². The van der Waals surface area contributed by atoms with Crippen molar-refractivity contribution in [2.24, 2.45) is 0 Å². The van der Waals surface area contributed by atoms with Crippen LogP contribution < -0.4 is 0 Å². The molecule has 146 valence electrons. The van der Waals surface area contributed by atoms with Gasteiger partial charge < -0.3 is 10.2 Å². The number of halogens is 2. The van der Waals surface area contributed by atoms with Crippen LogP contribution in [-0.2, 0) is 6.42 Å². The van der Waals surface area contributed by atoms with E-state index >= 15 is 0 Å². The molecule has 0 atom stereocenters. The highest BCUT2D eigenvalue weighted by molar-refractivity contribution is 6.30. The lowest BCUT2D eigenvalue weighted by molar-refractivity contribution is 0.475. The van der Waals surface area contributed by atoms with Crippen molar-refractivity contribution in [3.63, 3.8) is 0 Å². The Morgan fingerprint density at radius 1 is 0.897 bits per heavy atom. The van der Waals surface area contributed by atoms with Crippen molar-refractivity contribution >= 4 is 11.6 Å². The Labute approximate surface area is 172 Å². The number of nitrogens with zero attached hydrogens (tertiary/aromatic N) is 2. The maximum Gasteiger partial charge on any atom is 0.141 e. The molecule has 1 heterocycles. The van der Waals surface area contributed by atoms with Gasteiger partial charge in [0, 0.05) is 16.7 Å². The summed E-state index contributed by atoms with van der Waals surface area (Å²) in [6, 6.07) is 18.2. The summed E-state index contributed by atoms with van der Waals surface area (Å²) in [6.07, 6.45) is 0.696. The summed E-state index contributed by atoms with van der Waals surface area (Å²) >= 11 is 6.02. The Morgan fingerprint density at radius 3 is 2.03 bits per heavy atom. The third-order valence-corrected chi connectivity index (χ3v) is 5.06. The molecule has 4 aromatic rings. The Bertz CT molecular complexity index is 1170. The zero-order valence-electron chi connectivity index (χ0n) is 15.6. The van der Waals surface area contributed by atoms with Gasteiger partial charge in [-0.25, -0.2) is 9.07 Å². The van der Waals surface area contributed by atoms with E-state index in [2.05, 4.69) is 0 Å². The minimum absolute atomic E-state index is 0.0129. The van der Waals surface area contributed by atoms with Crippen molar-refractivity contribution in [1.82, 2.24) is 9.78 Å². The Balaban J connectivity index is 2.00. The van der Waals surface area contributed by atoms with E-state index in [0.717, 1.165) is 28.1 Å². The van der Waals surface area contributed by atoms with Crippen LogP contribution in [0.5, 0.6) is 11.5 Å². The first kappa shape index (κ1) is 19.0. The van der Waals surface area contributed by atoms with Crippen LogP contribution in [0.2, 0.25) is 5.02 Å². The molecule has 0 aliphatic carbocycles. The largest absolute Gasteiger partial charge is 0.508 e. The topological polar surface area (TPSA) is 58.3 Å². The number of phenolic OH excluding ortho intramolecular Hbond substituents is 2. The van der Waals surface area contributed by atoms with E-state index in [4.69, 9.17) is 16.7 Å². The summed E-state index contributed by atoms with van der Waals surface area (Å²) in [6.45, 7) is 2.03. The van der Waals surface area contributed by atoms with Crippen molar-refractivity contribution in [3.8, 4) is 39.7 Å². The second-order valence-electron chi connectivity index (χ2n) is 6.63. The number of rotatable bonds is 4. The molecule has 1 aromatic heterocycles. The maximum absolute atomic E-state index is 13.7. The molecular formula is C23H18ClFN2O2. The number of hydrogen-bond acceptors (Lipinski definition) is 3. The molecule has 4 rings (SSSR count). The molecule has 2 N–H and O–H groups in total. The van der Waals surface area contributed by atoms with E-state index in [1.54, 1.807) is 47.1 Å². The van der Waals surface area contributed by atoms with Gasteiger partial charge in [0.2, 0.25) is 0 Å². The highest BCUT2D eigenvalue weighted by Gasteiger charge is 2.21. The zero-order valence-corrected chi connectivity index (χ0v) is 16.4. The number of benzene rings is 3. The average molecular weight is 409 g/mol. The second-order valence-corrected chi connectivity index (χ2v) is 7.04. The molecule has 0 unspecified atom stereocenters. The van der Waals surface area contributed by atoms with Crippen molar-refractivity contribution < 1.29 is 14.6 Å². The van der Waals surface area contributed by atoms with E-state index in [-0.39, 0.29) is 16.5 Å². The van der Waals surface area contributed by atoms with Crippen LogP contribution in [0.4, 0.5) is 4.39 Å². The highest BCUT2D eigenvalue weighted by atomic mass is 35.5. The normalized spacial score (nSPS) is 11.0. The summed E-state index contributed by atoms with van der Waals surface area (Å²) in [5.74, 6) is -0.153.